The molecule has 1 N–H and O–H groups in total. The average molecular weight is 189 g/mol. The quantitative estimate of drug-likeness (QED) is 0.532. The van der Waals surface area contributed by atoms with Gasteiger partial charge in [-0.2, -0.15) is 0 Å². The van der Waals surface area contributed by atoms with Crippen LogP contribution in [0.15, 0.2) is 10.9 Å². The van der Waals surface area contributed by atoms with Crippen molar-refractivity contribution in [3.8, 4) is 0 Å². The highest BCUT2D eigenvalue weighted by atomic mass is 35.5. The van der Waals surface area contributed by atoms with Crippen LogP contribution >= 0.6 is 11.6 Å². The van der Waals surface area contributed by atoms with Crippen LogP contribution in [0.3, 0.4) is 0 Å². The summed E-state index contributed by atoms with van der Waals surface area (Å²) < 4.78 is 0. The van der Waals surface area contributed by atoms with Gasteiger partial charge in [0.25, 0.3) is 0 Å². The Hall–Kier alpha value is -1.36. The summed E-state index contributed by atoms with van der Waals surface area (Å²) >= 11 is 5.47. The molecule has 5 nitrogen and oxygen atoms in total. The third-order valence-electron chi connectivity index (χ3n) is 1.33. The van der Waals surface area contributed by atoms with Gasteiger partial charge in [0.15, 0.2) is 0 Å². The highest BCUT2D eigenvalue weighted by molar-refractivity contribution is 6.32. The number of aromatic amines is 1. The summed E-state index contributed by atoms with van der Waals surface area (Å²) in [5.74, 6) is 0. The monoisotopic (exact) mass is 188 g/mol. The molecule has 0 spiro atoms. The molecule has 0 saturated carbocycles. The highest BCUT2D eigenvalue weighted by Crippen LogP contribution is 2.23. The molecule has 0 saturated heterocycles. The number of hydrogen-bond donors (Lipinski definition) is 1. The summed E-state index contributed by atoms with van der Waals surface area (Å²) in [4.78, 5) is 22.7. The minimum atomic E-state index is -0.631. The Morgan fingerprint density at radius 2 is 2.25 bits per heavy atom. The number of aryl methyl sites for hydroxylation is 1. The molecule has 0 radical (unpaired) electrons. The summed E-state index contributed by atoms with van der Waals surface area (Å²) in [6, 6.07) is 0.979. The van der Waals surface area contributed by atoms with E-state index in [1.54, 1.807) is 0 Å². The zero-order chi connectivity index (χ0) is 9.30. The van der Waals surface area contributed by atoms with Crippen molar-refractivity contribution in [2.45, 2.75) is 6.92 Å². The summed E-state index contributed by atoms with van der Waals surface area (Å²) in [6.45, 7) is 1.42. The number of nitrogens with zero attached hydrogens (tertiary/aromatic N) is 1. The molecule has 0 aromatic carbocycles. The van der Waals surface area contributed by atoms with Crippen molar-refractivity contribution in [1.82, 2.24) is 4.98 Å². The predicted octanol–water partition coefficient (Wildman–Crippen LogP) is 1.24. The lowest BCUT2D eigenvalue weighted by molar-refractivity contribution is -0.385. The van der Waals surface area contributed by atoms with E-state index in [2.05, 4.69) is 4.98 Å². The zero-order valence-corrected chi connectivity index (χ0v) is 6.88. The first-order chi connectivity index (χ1) is 5.52. The molecule has 12 heavy (non-hydrogen) atoms. The SMILES string of the molecule is Cc1[nH]c(=O)cc(Cl)c1[N+](=O)[O-]. The van der Waals surface area contributed by atoms with Gasteiger partial charge in [0.1, 0.15) is 5.02 Å². The van der Waals surface area contributed by atoms with Gasteiger partial charge >= 0.3 is 5.69 Å². The van der Waals surface area contributed by atoms with Gasteiger partial charge in [-0.3, -0.25) is 14.9 Å². The van der Waals surface area contributed by atoms with Crippen LogP contribution in [0, 0.1) is 17.0 Å². The minimum absolute atomic E-state index is 0.138. The van der Waals surface area contributed by atoms with Gasteiger partial charge in [0, 0.05) is 6.07 Å². The van der Waals surface area contributed by atoms with Gasteiger partial charge < -0.3 is 4.98 Å². The molecule has 0 aliphatic rings. The molecule has 0 aliphatic carbocycles. The standard InChI is InChI=1S/C6H5ClN2O3/c1-3-6(9(11)12)4(7)2-5(10)8-3/h2H,1H3,(H,8,10). The van der Waals surface area contributed by atoms with Crippen LogP contribution in [0.25, 0.3) is 0 Å². The van der Waals surface area contributed by atoms with Crippen LogP contribution in [0.2, 0.25) is 5.02 Å². The van der Waals surface area contributed by atoms with Gasteiger partial charge in [-0.1, -0.05) is 11.6 Å². The third kappa shape index (κ3) is 1.45. The van der Waals surface area contributed by atoms with Gasteiger partial charge in [0.05, 0.1) is 10.6 Å². The van der Waals surface area contributed by atoms with Crippen molar-refractivity contribution in [2.75, 3.05) is 0 Å². The van der Waals surface area contributed by atoms with Crippen LogP contribution in [0.1, 0.15) is 5.69 Å². The molecular weight excluding hydrogens is 184 g/mol. The van der Waals surface area contributed by atoms with Crippen LogP contribution < -0.4 is 5.56 Å². The lowest BCUT2D eigenvalue weighted by Crippen LogP contribution is -2.08. The molecule has 0 atom stereocenters. The maximum atomic E-state index is 10.7. The molecule has 0 aliphatic heterocycles. The second kappa shape index (κ2) is 2.94. The molecule has 1 rings (SSSR count). The Balaban J connectivity index is 3.48. The van der Waals surface area contributed by atoms with E-state index in [0.717, 1.165) is 6.07 Å². The van der Waals surface area contributed by atoms with Crippen LogP contribution in [0.5, 0.6) is 0 Å². The number of aromatic nitrogens is 1. The molecule has 0 bridgehead atoms. The Labute approximate surface area is 72.1 Å². The molecule has 0 amide bonds. The number of nitro groups is 1. The summed E-state index contributed by atoms with van der Waals surface area (Å²) in [5.41, 5.74) is -0.531. The van der Waals surface area contributed by atoms with E-state index < -0.39 is 10.5 Å². The molecule has 64 valence electrons. The maximum absolute atomic E-state index is 10.7. The fourth-order valence-corrected chi connectivity index (χ4v) is 1.18. The topological polar surface area (TPSA) is 76.0 Å². The van der Waals surface area contributed by atoms with Crippen LogP contribution in [-0.2, 0) is 0 Å². The van der Waals surface area contributed by atoms with E-state index in [-0.39, 0.29) is 16.4 Å². The summed E-state index contributed by atoms with van der Waals surface area (Å²) in [7, 11) is 0. The van der Waals surface area contributed by atoms with E-state index >= 15 is 0 Å². The van der Waals surface area contributed by atoms with Crippen molar-refractivity contribution in [2.24, 2.45) is 0 Å². The minimum Gasteiger partial charge on any atom is -0.320 e. The third-order valence-corrected chi connectivity index (χ3v) is 1.62. The largest absolute Gasteiger partial charge is 0.320 e. The number of pyridine rings is 1. The van der Waals surface area contributed by atoms with Gasteiger partial charge in [0.2, 0.25) is 5.56 Å². The lowest BCUT2D eigenvalue weighted by atomic mass is 10.3. The smallest absolute Gasteiger partial charge is 0.306 e. The summed E-state index contributed by atoms with van der Waals surface area (Å²) in [5, 5.41) is 10.2. The Morgan fingerprint density at radius 3 is 2.67 bits per heavy atom. The summed E-state index contributed by atoms with van der Waals surface area (Å²) in [6.07, 6.45) is 0. The molecule has 1 heterocycles. The first-order valence-electron chi connectivity index (χ1n) is 3.06. The molecule has 1 aromatic heterocycles. The van der Waals surface area contributed by atoms with Gasteiger partial charge in [-0.25, -0.2) is 0 Å². The van der Waals surface area contributed by atoms with E-state index in [1.807, 2.05) is 0 Å². The normalized spacial score (nSPS) is 9.83. The number of H-pyrrole nitrogens is 1. The Morgan fingerprint density at radius 1 is 1.67 bits per heavy atom. The highest BCUT2D eigenvalue weighted by Gasteiger charge is 2.16. The molecule has 0 fully saturated rings. The lowest BCUT2D eigenvalue weighted by Gasteiger charge is -1.96. The molecule has 1 aromatic rings. The Kier molecular flexibility index (Phi) is 2.14. The zero-order valence-electron chi connectivity index (χ0n) is 6.13. The van der Waals surface area contributed by atoms with Crippen molar-refractivity contribution in [3.05, 3.63) is 37.3 Å². The molecule has 6 heteroatoms. The molecular formula is C6H5ClN2O3. The fourth-order valence-electron chi connectivity index (χ4n) is 0.867. The van der Waals surface area contributed by atoms with Crippen molar-refractivity contribution in [1.29, 1.82) is 0 Å². The van der Waals surface area contributed by atoms with Crippen molar-refractivity contribution >= 4 is 17.3 Å². The van der Waals surface area contributed by atoms with Crippen molar-refractivity contribution in [3.63, 3.8) is 0 Å². The maximum Gasteiger partial charge on any atom is 0.306 e. The van der Waals surface area contributed by atoms with Gasteiger partial charge in [-0.15, -0.1) is 0 Å². The first-order valence-corrected chi connectivity index (χ1v) is 3.44. The second-order valence-electron chi connectivity index (χ2n) is 2.21. The van der Waals surface area contributed by atoms with Crippen LogP contribution in [0.4, 0.5) is 5.69 Å². The van der Waals surface area contributed by atoms with E-state index in [4.69, 9.17) is 11.6 Å². The predicted molar refractivity (Wildman–Crippen MR) is 43.5 cm³/mol. The number of rotatable bonds is 1. The van der Waals surface area contributed by atoms with Crippen molar-refractivity contribution < 1.29 is 4.92 Å². The van der Waals surface area contributed by atoms with E-state index in [1.165, 1.54) is 6.92 Å². The fraction of sp³-hybridized carbons (Fsp3) is 0.167. The Bertz CT molecular complexity index is 359. The van der Waals surface area contributed by atoms with Gasteiger partial charge in [-0.05, 0) is 6.92 Å². The number of hydrogen-bond acceptors (Lipinski definition) is 3. The first kappa shape index (κ1) is 8.73. The number of nitrogens with one attached hydrogen (secondary N) is 1. The van der Waals surface area contributed by atoms with E-state index in [9.17, 15) is 14.9 Å². The average Bonchev–Trinajstić information content (AvgIpc) is 1.82. The van der Waals surface area contributed by atoms with E-state index in [0.29, 0.717) is 0 Å². The number of halogens is 1. The second-order valence-corrected chi connectivity index (χ2v) is 2.62. The van der Waals surface area contributed by atoms with Crippen LogP contribution in [-0.4, -0.2) is 9.91 Å². The molecule has 0 unspecified atom stereocenters.